The van der Waals surface area contributed by atoms with Crippen LogP contribution in [-0.2, 0) is 25.5 Å². The summed E-state index contributed by atoms with van der Waals surface area (Å²) in [7, 11) is 0. The van der Waals surface area contributed by atoms with E-state index in [1.165, 1.54) is 6.92 Å². The molecular formula is C29H41ClO6. The smallest absolute Gasteiger partial charge is 0.308 e. The monoisotopic (exact) mass is 520 g/mol. The van der Waals surface area contributed by atoms with Crippen molar-refractivity contribution in [3.05, 3.63) is 45.5 Å². The molecule has 0 saturated heterocycles. The van der Waals surface area contributed by atoms with Crippen LogP contribution >= 0.6 is 11.6 Å². The topological polar surface area (TPSA) is 82.1 Å². The summed E-state index contributed by atoms with van der Waals surface area (Å²) >= 11 is 6.64. The number of benzene rings is 1. The Morgan fingerprint density at radius 1 is 1.22 bits per heavy atom. The minimum Gasteiger partial charge on any atom is -0.507 e. The van der Waals surface area contributed by atoms with Crippen LogP contribution in [0.2, 0.25) is 5.02 Å². The summed E-state index contributed by atoms with van der Waals surface area (Å²) in [6.07, 6.45) is 7.08. The van der Waals surface area contributed by atoms with E-state index in [-0.39, 0.29) is 34.3 Å². The number of ether oxygens (including phenoxy) is 3. The molecule has 0 bridgehead atoms. The highest BCUT2D eigenvalue weighted by atomic mass is 35.5. The van der Waals surface area contributed by atoms with Crippen molar-refractivity contribution in [1.82, 2.24) is 0 Å². The molecule has 36 heavy (non-hydrogen) atoms. The zero-order valence-electron chi connectivity index (χ0n) is 22.9. The van der Waals surface area contributed by atoms with Gasteiger partial charge in [0.25, 0.3) is 0 Å². The highest BCUT2D eigenvalue weighted by Gasteiger charge is 2.41. The van der Waals surface area contributed by atoms with Crippen LogP contribution in [0.1, 0.15) is 84.3 Å². The van der Waals surface area contributed by atoms with Gasteiger partial charge in [-0.15, -0.1) is 0 Å². The van der Waals surface area contributed by atoms with Crippen LogP contribution in [0.25, 0.3) is 0 Å². The van der Waals surface area contributed by atoms with Gasteiger partial charge in [-0.25, -0.2) is 0 Å². The molecule has 1 saturated carbocycles. The molecule has 0 radical (unpaired) electrons. The average molecular weight is 521 g/mol. The second-order valence-electron chi connectivity index (χ2n) is 9.82. The van der Waals surface area contributed by atoms with Gasteiger partial charge in [-0.3, -0.25) is 9.59 Å². The minimum absolute atomic E-state index is 0.0440. The number of phenols is 1. The first-order valence-electron chi connectivity index (χ1n) is 12.7. The first-order chi connectivity index (χ1) is 16.9. The number of carbonyl (C=O) groups excluding carboxylic acids is 2. The van der Waals surface area contributed by atoms with Crippen LogP contribution in [0.15, 0.2) is 23.8 Å². The first kappa shape index (κ1) is 30.1. The van der Waals surface area contributed by atoms with Gasteiger partial charge >= 0.3 is 5.97 Å². The number of phenolic OH excluding ortho intramolecular Hbond substituents is 1. The Labute approximate surface area is 220 Å². The molecule has 1 aromatic carbocycles. The van der Waals surface area contributed by atoms with Gasteiger partial charge in [-0.05, 0) is 57.4 Å². The van der Waals surface area contributed by atoms with Crippen molar-refractivity contribution in [1.29, 1.82) is 0 Å². The molecule has 1 aliphatic rings. The summed E-state index contributed by atoms with van der Waals surface area (Å²) in [6.45, 7) is 15.8. The molecular weight excluding hydrogens is 480 g/mol. The molecule has 3 atom stereocenters. The molecule has 1 aromatic rings. The molecule has 0 aromatic heterocycles. The van der Waals surface area contributed by atoms with Gasteiger partial charge in [-0.1, -0.05) is 56.2 Å². The molecule has 7 heteroatoms. The van der Waals surface area contributed by atoms with Crippen molar-refractivity contribution in [3.63, 3.8) is 0 Å². The largest absolute Gasteiger partial charge is 0.507 e. The van der Waals surface area contributed by atoms with Crippen LogP contribution in [0.5, 0.6) is 11.5 Å². The lowest BCUT2D eigenvalue weighted by Gasteiger charge is -2.42. The summed E-state index contributed by atoms with van der Waals surface area (Å²) in [6, 6.07) is 0. The summed E-state index contributed by atoms with van der Waals surface area (Å²) in [5, 5.41) is 11.5. The standard InChI is InChI=1S/C29H41ClO6/c1-9-34-28(35-10-2)24-19(5)25(30)27(36-21(7)31)22(26(24)33)13-11-17(3)15-16-29(8)18(4)12-14-23(32)20(29)6/h11,15-16,18,20,28,33H,9-10,12-14H2,1-8H3/b16-15+,17-11+/t18-,20+,29+/m1/s1. The van der Waals surface area contributed by atoms with Crippen LogP contribution in [0.3, 0.4) is 0 Å². The summed E-state index contributed by atoms with van der Waals surface area (Å²) in [5.74, 6) is 0.181. The van der Waals surface area contributed by atoms with E-state index in [0.717, 1.165) is 12.0 Å². The number of hydrogen-bond acceptors (Lipinski definition) is 6. The Hall–Kier alpha value is -2.15. The Balaban J connectivity index is 2.50. The minimum atomic E-state index is -0.806. The van der Waals surface area contributed by atoms with Crippen molar-refractivity contribution in [2.24, 2.45) is 17.3 Å². The van der Waals surface area contributed by atoms with Gasteiger partial charge in [0.1, 0.15) is 11.5 Å². The number of aromatic hydroxyl groups is 1. The van der Waals surface area contributed by atoms with E-state index in [1.807, 2.05) is 39.8 Å². The number of ketones is 1. The molecule has 2 rings (SSSR count). The maximum atomic E-state index is 12.4. The molecule has 6 nitrogen and oxygen atoms in total. The van der Waals surface area contributed by atoms with Crippen LogP contribution in [0, 0.1) is 24.2 Å². The van der Waals surface area contributed by atoms with E-state index < -0.39 is 12.3 Å². The number of esters is 1. The van der Waals surface area contributed by atoms with Crippen LogP contribution < -0.4 is 4.74 Å². The van der Waals surface area contributed by atoms with E-state index in [9.17, 15) is 14.7 Å². The molecule has 0 heterocycles. The van der Waals surface area contributed by atoms with Crippen LogP contribution in [0.4, 0.5) is 0 Å². The number of rotatable bonds is 10. The van der Waals surface area contributed by atoms with Crippen molar-refractivity contribution in [3.8, 4) is 11.5 Å². The van der Waals surface area contributed by atoms with E-state index in [1.54, 1.807) is 6.92 Å². The van der Waals surface area contributed by atoms with Crippen molar-refractivity contribution in [2.45, 2.75) is 80.9 Å². The third-order valence-electron chi connectivity index (χ3n) is 7.50. The first-order valence-corrected chi connectivity index (χ1v) is 13.1. The Morgan fingerprint density at radius 2 is 1.83 bits per heavy atom. The molecule has 1 fully saturated rings. The lowest BCUT2D eigenvalue weighted by molar-refractivity contribution is -0.141. The lowest BCUT2D eigenvalue weighted by Crippen LogP contribution is -2.40. The zero-order valence-corrected chi connectivity index (χ0v) is 23.6. The fraction of sp³-hybridized carbons (Fsp3) is 0.586. The number of carbonyl (C=O) groups is 2. The predicted molar refractivity (Wildman–Crippen MR) is 142 cm³/mol. The SMILES string of the molecule is CCOC(OCC)c1c(C)c(Cl)c(OC(C)=O)c(C/C=C(C)/C=C/[C@@]2(C)[C@H](C)CCC(=O)[C@@H]2C)c1O. The molecule has 0 spiro atoms. The Bertz CT molecular complexity index is 1020. The maximum absolute atomic E-state index is 12.4. The van der Waals surface area contributed by atoms with E-state index in [4.69, 9.17) is 25.8 Å². The summed E-state index contributed by atoms with van der Waals surface area (Å²) < 4.78 is 16.9. The Kier molecular flexibility index (Phi) is 10.8. The maximum Gasteiger partial charge on any atom is 0.308 e. The van der Waals surface area contributed by atoms with E-state index in [2.05, 4.69) is 19.9 Å². The average Bonchev–Trinajstić information content (AvgIpc) is 2.82. The quantitative estimate of drug-likeness (QED) is 0.154. The number of allylic oxidation sites excluding steroid dienone is 4. The van der Waals surface area contributed by atoms with Gasteiger partial charge in [0, 0.05) is 38.0 Å². The highest BCUT2D eigenvalue weighted by Crippen LogP contribution is 2.46. The molecule has 1 N–H and O–H groups in total. The molecule has 0 unspecified atom stereocenters. The molecule has 200 valence electrons. The molecule has 1 aliphatic carbocycles. The fourth-order valence-electron chi connectivity index (χ4n) is 4.72. The third-order valence-corrected chi connectivity index (χ3v) is 7.96. The fourth-order valence-corrected chi connectivity index (χ4v) is 4.98. The second kappa shape index (κ2) is 12.9. The molecule has 0 amide bonds. The number of halogens is 1. The van der Waals surface area contributed by atoms with Crippen LogP contribution in [-0.4, -0.2) is 30.1 Å². The summed E-state index contributed by atoms with van der Waals surface area (Å²) in [4.78, 5) is 24.2. The van der Waals surface area contributed by atoms with Gasteiger partial charge in [-0.2, -0.15) is 0 Å². The summed E-state index contributed by atoms with van der Waals surface area (Å²) in [5.41, 5.74) is 2.06. The van der Waals surface area contributed by atoms with Crippen molar-refractivity contribution < 1.29 is 28.9 Å². The van der Waals surface area contributed by atoms with E-state index >= 15 is 0 Å². The molecule has 0 aliphatic heterocycles. The number of Topliss-reactive ketones (excluding diaryl/α,β-unsaturated/α-hetero) is 1. The lowest BCUT2D eigenvalue weighted by atomic mass is 9.61. The second-order valence-corrected chi connectivity index (χ2v) is 10.2. The predicted octanol–water partition coefficient (Wildman–Crippen LogP) is 7.04. The third kappa shape index (κ3) is 6.58. The Morgan fingerprint density at radius 3 is 2.39 bits per heavy atom. The zero-order chi connectivity index (χ0) is 27.2. The highest BCUT2D eigenvalue weighted by molar-refractivity contribution is 6.33. The van der Waals surface area contributed by atoms with Gasteiger partial charge < -0.3 is 19.3 Å². The van der Waals surface area contributed by atoms with Gasteiger partial charge in [0.05, 0.1) is 10.6 Å². The van der Waals surface area contributed by atoms with Gasteiger partial charge in [0.15, 0.2) is 12.0 Å². The normalized spacial score (nSPS) is 23.1. The number of hydrogen-bond donors (Lipinski definition) is 1. The van der Waals surface area contributed by atoms with Crippen molar-refractivity contribution >= 4 is 23.4 Å². The van der Waals surface area contributed by atoms with Gasteiger partial charge in [0.2, 0.25) is 0 Å². The van der Waals surface area contributed by atoms with E-state index in [0.29, 0.717) is 48.0 Å². The van der Waals surface area contributed by atoms with Crippen molar-refractivity contribution in [2.75, 3.05) is 13.2 Å².